The van der Waals surface area contributed by atoms with Crippen LogP contribution in [0.4, 0.5) is 0 Å². The molecule has 0 aliphatic carbocycles. The summed E-state index contributed by atoms with van der Waals surface area (Å²) in [6, 6.07) is 17.4. The van der Waals surface area contributed by atoms with Crippen LogP contribution in [-0.4, -0.2) is 35.8 Å². The third-order valence-corrected chi connectivity index (χ3v) is 4.72. The van der Waals surface area contributed by atoms with Crippen molar-refractivity contribution >= 4 is 44.7 Å². The molecule has 3 aromatic rings. The molecular weight excluding hydrogens is 450 g/mol. The Kier molecular flexibility index (Phi) is 7.03. The first-order valence-corrected chi connectivity index (χ1v) is 9.94. The van der Waals surface area contributed by atoms with Gasteiger partial charge in [0.25, 0.3) is 11.8 Å². The minimum atomic E-state index is -0.814. The number of rotatable bonds is 7. The Morgan fingerprint density at radius 3 is 2.70 bits per heavy atom. The average Bonchev–Trinajstić information content (AvgIpc) is 2.74. The summed E-state index contributed by atoms with van der Waals surface area (Å²) < 4.78 is 6.28. The van der Waals surface area contributed by atoms with Gasteiger partial charge in [-0.1, -0.05) is 46.3 Å². The summed E-state index contributed by atoms with van der Waals surface area (Å²) in [5.74, 6) is -0.331. The topological polar surface area (TPSA) is 100 Å². The maximum absolute atomic E-state index is 12.1. The highest BCUT2D eigenvalue weighted by molar-refractivity contribution is 9.10. The average molecular weight is 470 g/mol. The Bertz CT molecular complexity index is 1100. The lowest BCUT2D eigenvalue weighted by molar-refractivity contribution is -0.129. The maximum Gasteiger partial charge on any atom is 0.262 e. The summed E-state index contributed by atoms with van der Waals surface area (Å²) in [5.41, 5.74) is 2.76. The van der Waals surface area contributed by atoms with Gasteiger partial charge in [-0.05, 0) is 48.0 Å². The summed E-state index contributed by atoms with van der Waals surface area (Å²) in [4.78, 5) is 24.2. The minimum absolute atomic E-state index is 0.0309. The molecule has 0 aromatic heterocycles. The molecule has 0 spiro atoms. The minimum Gasteiger partial charge on any atom is -0.507 e. The summed E-state index contributed by atoms with van der Waals surface area (Å²) in [6.07, 6.45) is 1.31. The van der Waals surface area contributed by atoms with E-state index in [1.165, 1.54) is 19.2 Å². The molecule has 0 saturated heterocycles. The molecule has 2 amide bonds. The summed E-state index contributed by atoms with van der Waals surface area (Å²) in [7, 11) is 0. The van der Waals surface area contributed by atoms with E-state index in [0.717, 1.165) is 15.2 Å². The Labute approximate surface area is 181 Å². The quantitative estimate of drug-likeness (QED) is 0.364. The Morgan fingerprint density at radius 1 is 1.13 bits per heavy atom. The second kappa shape index (κ2) is 9.89. The first-order valence-electron chi connectivity index (χ1n) is 9.15. The largest absolute Gasteiger partial charge is 0.507 e. The number of hydrazone groups is 1. The molecule has 0 bridgehead atoms. The molecule has 0 heterocycles. The third-order valence-electron chi connectivity index (χ3n) is 4.23. The molecule has 0 saturated carbocycles. The number of aromatic hydroxyl groups is 1. The first-order chi connectivity index (χ1) is 14.4. The van der Waals surface area contributed by atoms with Crippen LogP contribution in [0, 0.1) is 0 Å². The number of phenols is 1. The van der Waals surface area contributed by atoms with E-state index in [9.17, 15) is 14.7 Å². The molecule has 0 radical (unpaired) electrons. The molecule has 0 aliphatic rings. The van der Waals surface area contributed by atoms with Crippen molar-refractivity contribution < 1.29 is 19.4 Å². The fraction of sp³-hybridized carbons (Fsp3) is 0.136. The zero-order valence-corrected chi connectivity index (χ0v) is 17.7. The zero-order valence-electron chi connectivity index (χ0n) is 16.1. The highest BCUT2D eigenvalue weighted by atomic mass is 79.9. The summed E-state index contributed by atoms with van der Waals surface area (Å²) >= 11 is 3.29. The van der Waals surface area contributed by atoms with Crippen molar-refractivity contribution in [3.8, 4) is 11.5 Å². The number of hydrogen-bond donors (Lipinski definition) is 3. The van der Waals surface area contributed by atoms with E-state index < -0.39 is 17.9 Å². The lowest BCUT2D eigenvalue weighted by Gasteiger charge is -2.13. The number of halogens is 1. The fourth-order valence-electron chi connectivity index (χ4n) is 2.65. The molecule has 30 heavy (non-hydrogen) atoms. The molecule has 1 atom stereocenters. The molecule has 3 N–H and O–H groups in total. The van der Waals surface area contributed by atoms with Gasteiger partial charge in [-0.3, -0.25) is 9.59 Å². The number of benzene rings is 3. The van der Waals surface area contributed by atoms with Crippen LogP contribution in [0.3, 0.4) is 0 Å². The molecule has 0 fully saturated rings. The van der Waals surface area contributed by atoms with Crippen LogP contribution in [0.15, 0.2) is 70.2 Å². The number of phenolic OH excluding ortho intramolecular Hbond substituents is 1. The first kappa shape index (κ1) is 21.3. The number of nitrogens with zero attached hydrogens (tertiary/aromatic N) is 1. The highest BCUT2D eigenvalue weighted by Crippen LogP contribution is 2.21. The molecular formula is C22H20BrN3O4. The number of fused-ring (bicyclic) bond motifs is 1. The van der Waals surface area contributed by atoms with Crippen LogP contribution in [0.2, 0.25) is 0 Å². The lowest BCUT2D eigenvalue weighted by atomic mass is 10.1. The van der Waals surface area contributed by atoms with Gasteiger partial charge in [-0.15, -0.1) is 0 Å². The Morgan fingerprint density at radius 2 is 1.90 bits per heavy atom. The summed E-state index contributed by atoms with van der Waals surface area (Å²) in [5, 5.41) is 18.2. The van der Waals surface area contributed by atoms with E-state index in [4.69, 9.17) is 4.74 Å². The van der Waals surface area contributed by atoms with E-state index >= 15 is 0 Å². The number of amides is 2. The van der Waals surface area contributed by atoms with E-state index in [1.54, 1.807) is 18.2 Å². The Hall–Kier alpha value is -3.39. The van der Waals surface area contributed by atoms with Gasteiger partial charge in [0.15, 0.2) is 6.61 Å². The van der Waals surface area contributed by atoms with E-state index in [2.05, 4.69) is 31.8 Å². The van der Waals surface area contributed by atoms with E-state index in [-0.39, 0.29) is 12.4 Å². The lowest BCUT2D eigenvalue weighted by Crippen LogP contribution is -2.45. The monoisotopic (exact) mass is 469 g/mol. The van der Waals surface area contributed by atoms with Crippen LogP contribution in [0.25, 0.3) is 10.8 Å². The van der Waals surface area contributed by atoms with Crippen LogP contribution in [-0.2, 0) is 9.59 Å². The van der Waals surface area contributed by atoms with E-state index in [0.29, 0.717) is 11.3 Å². The molecule has 154 valence electrons. The van der Waals surface area contributed by atoms with E-state index in [1.807, 2.05) is 36.4 Å². The molecule has 1 unspecified atom stereocenters. The third kappa shape index (κ3) is 5.81. The SMILES string of the molecule is CC(NC(=O)COc1ccc2ccccc2c1)C(=O)NN=Cc1cc(Br)ccc1O. The second-order valence-corrected chi connectivity index (χ2v) is 7.44. The van der Waals surface area contributed by atoms with Crippen molar-refractivity contribution in [2.75, 3.05) is 6.61 Å². The normalized spacial score (nSPS) is 11.9. The van der Waals surface area contributed by atoms with Crippen molar-refractivity contribution in [2.24, 2.45) is 5.10 Å². The molecule has 3 rings (SSSR count). The standard InChI is InChI=1S/C22H20BrN3O4/c1-14(22(29)26-24-12-17-10-18(23)7-9-20(17)27)25-21(28)13-30-19-8-6-15-4-2-3-5-16(15)11-19/h2-12,14,27H,13H2,1H3,(H,25,28)(H,26,29). The second-order valence-electron chi connectivity index (χ2n) is 6.52. The van der Waals surface area contributed by atoms with Gasteiger partial charge >= 0.3 is 0 Å². The van der Waals surface area contributed by atoms with Gasteiger partial charge in [0.05, 0.1) is 6.21 Å². The maximum atomic E-state index is 12.1. The molecule has 7 nitrogen and oxygen atoms in total. The van der Waals surface area contributed by atoms with Crippen LogP contribution in [0.5, 0.6) is 11.5 Å². The number of ether oxygens (including phenoxy) is 1. The predicted molar refractivity (Wildman–Crippen MR) is 119 cm³/mol. The molecule has 3 aromatic carbocycles. The predicted octanol–water partition coefficient (Wildman–Crippen LogP) is 3.34. The van der Waals surface area contributed by atoms with Gasteiger partial charge in [-0.2, -0.15) is 5.10 Å². The highest BCUT2D eigenvalue weighted by Gasteiger charge is 2.15. The number of nitrogens with one attached hydrogen (secondary N) is 2. The van der Waals surface area contributed by atoms with Gasteiger partial charge in [0.1, 0.15) is 17.5 Å². The number of hydrogen-bond acceptors (Lipinski definition) is 5. The van der Waals surface area contributed by atoms with Crippen molar-refractivity contribution in [3.63, 3.8) is 0 Å². The smallest absolute Gasteiger partial charge is 0.262 e. The van der Waals surface area contributed by atoms with Gasteiger partial charge in [0, 0.05) is 10.0 Å². The Balaban J connectivity index is 1.47. The van der Waals surface area contributed by atoms with Gasteiger partial charge < -0.3 is 15.2 Å². The summed E-state index contributed by atoms with van der Waals surface area (Å²) in [6.45, 7) is 1.32. The van der Waals surface area contributed by atoms with Crippen molar-refractivity contribution in [1.82, 2.24) is 10.7 Å². The van der Waals surface area contributed by atoms with Crippen LogP contribution < -0.4 is 15.5 Å². The van der Waals surface area contributed by atoms with Crippen molar-refractivity contribution in [3.05, 3.63) is 70.7 Å². The molecule has 0 aliphatic heterocycles. The number of carbonyl (C=O) groups excluding carboxylic acids is 2. The van der Waals surface area contributed by atoms with Gasteiger partial charge in [0.2, 0.25) is 0 Å². The zero-order chi connectivity index (χ0) is 21.5. The number of carbonyl (C=O) groups is 2. The fourth-order valence-corrected chi connectivity index (χ4v) is 3.02. The van der Waals surface area contributed by atoms with Crippen molar-refractivity contribution in [1.29, 1.82) is 0 Å². The van der Waals surface area contributed by atoms with Crippen LogP contribution >= 0.6 is 15.9 Å². The van der Waals surface area contributed by atoms with Gasteiger partial charge in [-0.25, -0.2) is 5.43 Å². The van der Waals surface area contributed by atoms with Crippen molar-refractivity contribution in [2.45, 2.75) is 13.0 Å². The van der Waals surface area contributed by atoms with Crippen LogP contribution in [0.1, 0.15) is 12.5 Å². The molecule has 8 heteroatoms.